The zero-order valence-electron chi connectivity index (χ0n) is 13.0. The highest BCUT2D eigenvalue weighted by molar-refractivity contribution is 7.17. The Morgan fingerprint density at radius 1 is 1.32 bits per heavy atom. The lowest BCUT2D eigenvalue weighted by Gasteiger charge is -2.22. The van der Waals surface area contributed by atoms with E-state index in [4.69, 9.17) is 0 Å². The molecule has 0 aromatic carbocycles. The lowest BCUT2D eigenvalue weighted by atomic mass is 10.00. The standard InChI is InChI=1S/C16H14F3N3O2S/c17-16(18,19)14(23)10-7-25-13-4-20-11(3-9(10)13)15(24)21-12-6-22-2-1-8(12)5-22/h3-4,7-8,12H,1-2,5-6H2,(H,21,24). The number of halogens is 3. The summed E-state index contributed by atoms with van der Waals surface area (Å²) in [6.45, 7) is 2.79. The highest BCUT2D eigenvalue weighted by Gasteiger charge is 2.41. The van der Waals surface area contributed by atoms with E-state index in [0.717, 1.165) is 42.8 Å². The van der Waals surface area contributed by atoms with E-state index >= 15 is 0 Å². The lowest BCUT2D eigenvalue weighted by Crippen LogP contribution is -2.43. The first kappa shape index (κ1) is 16.5. The number of carbonyl (C=O) groups excluding carboxylic acids is 2. The maximum Gasteiger partial charge on any atom is 0.454 e. The zero-order chi connectivity index (χ0) is 17.8. The predicted molar refractivity (Wildman–Crippen MR) is 85.8 cm³/mol. The largest absolute Gasteiger partial charge is 0.454 e. The van der Waals surface area contributed by atoms with E-state index in [2.05, 4.69) is 15.2 Å². The van der Waals surface area contributed by atoms with Crippen LogP contribution in [-0.2, 0) is 0 Å². The highest BCUT2D eigenvalue weighted by Crippen LogP contribution is 2.32. The molecule has 0 saturated carbocycles. The lowest BCUT2D eigenvalue weighted by molar-refractivity contribution is -0.0883. The molecule has 2 aromatic heterocycles. The maximum atomic E-state index is 12.7. The smallest absolute Gasteiger partial charge is 0.346 e. The van der Waals surface area contributed by atoms with Crippen molar-refractivity contribution in [2.45, 2.75) is 18.6 Å². The summed E-state index contributed by atoms with van der Waals surface area (Å²) in [4.78, 5) is 30.3. The minimum Gasteiger partial charge on any atom is -0.346 e. The molecule has 4 rings (SSSR count). The van der Waals surface area contributed by atoms with Gasteiger partial charge in [0.2, 0.25) is 0 Å². The van der Waals surface area contributed by atoms with E-state index in [1.54, 1.807) is 0 Å². The Morgan fingerprint density at radius 2 is 2.12 bits per heavy atom. The third kappa shape index (κ3) is 2.91. The number of aromatic nitrogens is 1. The van der Waals surface area contributed by atoms with Crippen molar-refractivity contribution >= 4 is 33.1 Å². The number of piperidine rings is 1. The monoisotopic (exact) mass is 369 g/mol. The molecule has 132 valence electrons. The van der Waals surface area contributed by atoms with E-state index in [1.807, 2.05) is 0 Å². The van der Waals surface area contributed by atoms with Crippen LogP contribution in [0.3, 0.4) is 0 Å². The van der Waals surface area contributed by atoms with Crippen LogP contribution in [0.4, 0.5) is 13.2 Å². The molecule has 2 fully saturated rings. The van der Waals surface area contributed by atoms with Gasteiger partial charge in [0.25, 0.3) is 11.7 Å². The molecule has 2 bridgehead atoms. The molecule has 9 heteroatoms. The summed E-state index contributed by atoms with van der Waals surface area (Å²) in [5.74, 6) is -1.91. The van der Waals surface area contributed by atoms with Gasteiger partial charge in [0.1, 0.15) is 5.69 Å². The van der Waals surface area contributed by atoms with Gasteiger partial charge >= 0.3 is 6.18 Å². The number of Topliss-reactive ketones (excluding diaryl/α,β-unsaturated/α-hetero) is 1. The van der Waals surface area contributed by atoms with Crippen LogP contribution in [0, 0.1) is 5.92 Å². The van der Waals surface area contributed by atoms with Crippen LogP contribution < -0.4 is 5.32 Å². The van der Waals surface area contributed by atoms with Crippen LogP contribution in [-0.4, -0.2) is 53.4 Å². The van der Waals surface area contributed by atoms with Crippen LogP contribution in [0.15, 0.2) is 17.6 Å². The van der Waals surface area contributed by atoms with Gasteiger partial charge in [0.15, 0.2) is 0 Å². The second kappa shape index (κ2) is 5.77. The molecular weight excluding hydrogens is 355 g/mol. The Hall–Kier alpha value is -2.00. The number of alkyl halides is 3. The quantitative estimate of drug-likeness (QED) is 0.845. The number of nitrogens with one attached hydrogen (secondary N) is 1. The van der Waals surface area contributed by atoms with Gasteiger partial charge in [-0.25, -0.2) is 4.98 Å². The number of amides is 1. The molecule has 4 heterocycles. The molecule has 0 aliphatic carbocycles. The average molecular weight is 369 g/mol. The van der Waals surface area contributed by atoms with Gasteiger partial charge in [-0.3, -0.25) is 9.59 Å². The van der Waals surface area contributed by atoms with Gasteiger partial charge in [-0.2, -0.15) is 13.2 Å². The van der Waals surface area contributed by atoms with E-state index in [9.17, 15) is 22.8 Å². The van der Waals surface area contributed by atoms with Crippen LogP contribution in [0.25, 0.3) is 10.1 Å². The van der Waals surface area contributed by atoms with Gasteiger partial charge in [-0.05, 0) is 24.9 Å². The number of rotatable bonds is 3. The summed E-state index contributed by atoms with van der Waals surface area (Å²) in [7, 11) is 0. The molecule has 2 aromatic rings. The van der Waals surface area contributed by atoms with Crippen molar-refractivity contribution in [3.63, 3.8) is 0 Å². The summed E-state index contributed by atoms with van der Waals surface area (Å²) in [5.41, 5.74) is -0.408. The molecule has 25 heavy (non-hydrogen) atoms. The number of hydrogen-bond donors (Lipinski definition) is 1. The first-order chi connectivity index (χ1) is 11.8. The first-order valence-corrected chi connectivity index (χ1v) is 8.73. The summed E-state index contributed by atoms with van der Waals surface area (Å²) in [6, 6.07) is 1.31. The Kier molecular flexibility index (Phi) is 3.80. The van der Waals surface area contributed by atoms with Gasteiger partial charge in [-0.15, -0.1) is 11.3 Å². The number of pyridine rings is 1. The average Bonchev–Trinajstić information content (AvgIpc) is 3.27. The molecule has 3 atom stereocenters. The molecular formula is C16H14F3N3O2S. The minimum atomic E-state index is -4.95. The number of thiophene rings is 1. The summed E-state index contributed by atoms with van der Waals surface area (Å²) >= 11 is 1.000. The van der Waals surface area contributed by atoms with Crippen molar-refractivity contribution < 1.29 is 22.8 Å². The molecule has 0 radical (unpaired) electrons. The van der Waals surface area contributed by atoms with E-state index in [0.29, 0.717) is 10.6 Å². The first-order valence-electron chi connectivity index (χ1n) is 7.85. The fourth-order valence-corrected chi connectivity index (χ4v) is 4.46. The summed E-state index contributed by atoms with van der Waals surface area (Å²) < 4.78 is 38.6. The molecule has 1 N–H and O–H groups in total. The van der Waals surface area contributed by atoms with Crippen LogP contribution in [0.5, 0.6) is 0 Å². The van der Waals surface area contributed by atoms with E-state index in [-0.39, 0.29) is 17.1 Å². The number of ketones is 1. The maximum absolute atomic E-state index is 12.7. The van der Waals surface area contributed by atoms with Gasteiger partial charge < -0.3 is 10.2 Å². The van der Waals surface area contributed by atoms with Crippen molar-refractivity contribution in [2.24, 2.45) is 5.92 Å². The van der Waals surface area contributed by atoms with Gasteiger partial charge in [-0.1, -0.05) is 0 Å². The van der Waals surface area contributed by atoms with Crippen molar-refractivity contribution in [2.75, 3.05) is 19.6 Å². The van der Waals surface area contributed by atoms with E-state index < -0.39 is 23.4 Å². The molecule has 0 spiro atoms. The second-order valence-corrected chi connectivity index (χ2v) is 7.34. The second-order valence-electron chi connectivity index (χ2n) is 6.43. The normalized spacial score (nSPS) is 25.5. The Labute approximate surface area is 144 Å². The number of hydrogen-bond acceptors (Lipinski definition) is 5. The summed E-state index contributed by atoms with van der Waals surface area (Å²) in [5, 5.41) is 4.19. The molecule has 2 aliphatic rings. The molecule has 1 amide bonds. The van der Waals surface area contributed by atoms with E-state index in [1.165, 1.54) is 12.3 Å². The van der Waals surface area contributed by atoms with Crippen LogP contribution >= 0.6 is 11.3 Å². The Bertz CT molecular complexity index is 864. The zero-order valence-corrected chi connectivity index (χ0v) is 13.8. The van der Waals surface area contributed by atoms with Crippen molar-refractivity contribution in [1.29, 1.82) is 0 Å². The Morgan fingerprint density at radius 3 is 2.76 bits per heavy atom. The van der Waals surface area contributed by atoms with Crippen LogP contribution in [0.1, 0.15) is 27.3 Å². The molecule has 2 saturated heterocycles. The fraction of sp³-hybridized carbons (Fsp3) is 0.438. The van der Waals surface area contributed by atoms with Gasteiger partial charge in [0.05, 0.1) is 4.70 Å². The third-order valence-electron chi connectivity index (χ3n) is 4.85. The molecule has 5 nitrogen and oxygen atoms in total. The van der Waals surface area contributed by atoms with Crippen molar-refractivity contribution in [1.82, 2.24) is 15.2 Å². The fourth-order valence-electron chi connectivity index (χ4n) is 3.58. The predicted octanol–water partition coefficient (Wildman–Crippen LogP) is 2.48. The number of nitrogens with zero attached hydrogens (tertiary/aromatic N) is 2. The highest BCUT2D eigenvalue weighted by atomic mass is 32.1. The van der Waals surface area contributed by atoms with Crippen LogP contribution in [0.2, 0.25) is 0 Å². The van der Waals surface area contributed by atoms with Crippen molar-refractivity contribution in [3.8, 4) is 0 Å². The topological polar surface area (TPSA) is 62.3 Å². The molecule has 2 aliphatic heterocycles. The van der Waals surface area contributed by atoms with Gasteiger partial charge in [0, 0.05) is 41.7 Å². The Balaban J connectivity index is 1.60. The minimum absolute atomic E-state index is 0.0277. The number of carbonyl (C=O) groups is 2. The molecule has 3 unspecified atom stereocenters. The SMILES string of the molecule is O=C(NC1CN2CCC1C2)c1cc2c(C(=O)C(F)(F)F)csc2cn1. The van der Waals surface area contributed by atoms with Crippen molar-refractivity contribution in [3.05, 3.63) is 28.9 Å². The third-order valence-corrected chi connectivity index (χ3v) is 5.78. The summed E-state index contributed by atoms with van der Waals surface area (Å²) in [6.07, 6.45) is -2.57. The number of fused-ring (bicyclic) bond motifs is 3.